The predicted molar refractivity (Wildman–Crippen MR) is 69.9 cm³/mol. The summed E-state index contributed by atoms with van der Waals surface area (Å²) in [5.74, 6) is 0.834. The van der Waals surface area contributed by atoms with Crippen LogP contribution in [0.25, 0.3) is 0 Å². The fourth-order valence-corrected chi connectivity index (χ4v) is 2.32. The van der Waals surface area contributed by atoms with Crippen LogP contribution in [0.5, 0.6) is 5.75 Å². The Kier molecular flexibility index (Phi) is 3.71. The Morgan fingerprint density at radius 2 is 1.94 bits per heavy atom. The van der Waals surface area contributed by atoms with E-state index in [2.05, 4.69) is 0 Å². The Balaban J connectivity index is 2.12. The van der Waals surface area contributed by atoms with E-state index in [-0.39, 0.29) is 18.5 Å². The van der Waals surface area contributed by atoms with E-state index in [0.29, 0.717) is 5.56 Å². The van der Waals surface area contributed by atoms with Crippen molar-refractivity contribution >= 4 is 5.78 Å². The molecule has 98 valence electrons. The first-order chi connectivity index (χ1) is 8.57. The van der Waals surface area contributed by atoms with E-state index < -0.39 is 5.41 Å². The lowest BCUT2D eigenvalue weighted by Gasteiger charge is -2.38. The number of benzene rings is 1. The minimum atomic E-state index is -0.513. The van der Waals surface area contributed by atoms with Gasteiger partial charge < -0.3 is 9.84 Å². The third-order valence-corrected chi connectivity index (χ3v) is 3.58. The Bertz CT molecular complexity index is 410. The van der Waals surface area contributed by atoms with Gasteiger partial charge in [-0.3, -0.25) is 4.79 Å². The molecule has 18 heavy (non-hydrogen) atoms. The molecular formula is C15H20O3. The molecule has 0 bridgehead atoms. The zero-order valence-electron chi connectivity index (χ0n) is 11.0. The maximum Gasteiger partial charge on any atom is 0.171 e. The molecule has 0 heterocycles. The number of carbonyl (C=O) groups is 1. The van der Waals surface area contributed by atoms with E-state index in [1.807, 2.05) is 26.0 Å². The SMILES string of the molecule is CC(C)Oc1ccc(C(=O)C2(CO)CCC2)cc1. The molecule has 1 aromatic rings. The fourth-order valence-electron chi connectivity index (χ4n) is 2.32. The van der Waals surface area contributed by atoms with Crippen molar-refractivity contribution in [3.05, 3.63) is 29.8 Å². The molecule has 0 aliphatic heterocycles. The average Bonchev–Trinajstić information content (AvgIpc) is 2.28. The van der Waals surface area contributed by atoms with Crippen molar-refractivity contribution in [2.45, 2.75) is 39.2 Å². The highest BCUT2D eigenvalue weighted by molar-refractivity contribution is 6.01. The predicted octanol–water partition coefficient (Wildman–Crippen LogP) is 2.82. The number of hydrogen-bond acceptors (Lipinski definition) is 3. The molecule has 0 saturated heterocycles. The number of rotatable bonds is 5. The van der Waals surface area contributed by atoms with Crippen LogP contribution in [0.1, 0.15) is 43.5 Å². The lowest BCUT2D eigenvalue weighted by atomic mass is 9.65. The van der Waals surface area contributed by atoms with E-state index in [0.717, 1.165) is 25.0 Å². The van der Waals surface area contributed by atoms with Gasteiger partial charge in [0.1, 0.15) is 5.75 Å². The van der Waals surface area contributed by atoms with E-state index >= 15 is 0 Å². The molecule has 1 aromatic carbocycles. The molecule has 1 N–H and O–H groups in total. The monoisotopic (exact) mass is 248 g/mol. The van der Waals surface area contributed by atoms with Crippen LogP contribution in [0, 0.1) is 5.41 Å². The molecule has 1 aliphatic carbocycles. The quantitative estimate of drug-likeness (QED) is 0.815. The fraction of sp³-hybridized carbons (Fsp3) is 0.533. The van der Waals surface area contributed by atoms with Gasteiger partial charge in [-0.2, -0.15) is 0 Å². The van der Waals surface area contributed by atoms with Gasteiger partial charge in [0.05, 0.1) is 18.1 Å². The normalized spacial score (nSPS) is 17.3. The topological polar surface area (TPSA) is 46.5 Å². The highest BCUT2D eigenvalue weighted by atomic mass is 16.5. The zero-order valence-corrected chi connectivity index (χ0v) is 11.0. The molecule has 0 aromatic heterocycles. The van der Waals surface area contributed by atoms with Crippen molar-refractivity contribution in [3.8, 4) is 5.75 Å². The number of Topliss-reactive ketones (excluding diaryl/α,β-unsaturated/α-hetero) is 1. The summed E-state index contributed by atoms with van der Waals surface area (Å²) in [4.78, 5) is 12.3. The Morgan fingerprint density at radius 3 is 2.33 bits per heavy atom. The number of aliphatic hydroxyl groups is 1. The number of ether oxygens (including phenoxy) is 1. The van der Waals surface area contributed by atoms with Gasteiger partial charge in [-0.05, 0) is 51.0 Å². The Morgan fingerprint density at radius 1 is 1.33 bits per heavy atom. The zero-order chi connectivity index (χ0) is 13.2. The molecule has 2 rings (SSSR count). The third-order valence-electron chi connectivity index (χ3n) is 3.58. The Hall–Kier alpha value is -1.35. The summed E-state index contributed by atoms with van der Waals surface area (Å²) in [6.07, 6.45) is 2.75. The first kappa shape index (κ1) is 13.1. The minimum absolute atomic E-state index is 0.0456. The summed E-state index contributed by atoms with van der Waals surface area (Å²) >= 11 is 0. The van der Waals surface area contributed by atoms with Gasteiger partial charge >= 0.3 is 0 Å². The summed E-state index contributed by atoms with van der Waals surface area (Å²) < 4.78 is 5.54. The lowest BCUT2D eigenvalue weighted by Crippen LogP contribution is -2.41. The molecule has 1 saturated carbocycles. The second-order valence-corrected chi connectivity index (χ2v) is 5.31. The number of ketones is 1. The van der Waals surface area contributed by atoms with Crippen LogP contribution in [-0.2, 0) is 0 Å². The third kappa shape index (κ3) is 2.41. The lowest BCUT2D eigenvalue weighted by molar-refractivity contribution is 0.0348. The summed E-state index contributed by atoms with van der Waals surface area (Å²) in [5, 5.41) is 9.40. The molecule has 3 heteroatoms. The van der Waals surface area contributed by atoms with Crippen LogP contribution < -0.4 is 4.74 Å². The van der Waals surface area contributed by atoms with Crippen LogP contribution >= 0.6 is 0 Å². The van der Waals surface area contributed by atoms with E-state index in [1.54, 1.807) is 12.1 Å². The van der Waals surface area contributed by atoms with Gasteiger partial charge in [0, 0.05) is 5.56 Å². The molecule has 1 fully saturated rings. The largest absolute Gasteiger partial charge is 0.491 e. The maximum absolute atomic E-state index is 12.3. The van der Waals surface area contributed by atoms with Crippen LogP contribution in [0.3, 0.4) is 0 Å². The van der Waals surface area contributed by atoms with Gasteiger partial charge in [0.25, 0.3) is 0 Å². The highest BCUT2D eigenvalue weighted by Gasteiger charge is 2.43. The smallest absolute Gasteiger partial charge is 0.171 e. The minimum Gasteiger partial charge on any atom is -0.491 e. The van der Waals surface area contributed by atoms with Crippen molar-refractivity contribution in [2.24, 2.45) is 5.41 Å². The molecule has 0 spiro atoms. The van der Waals surface area contributed by atoms with Crippen LogP contribution in [0.15, 0.2) is 24.3 Å². The van der Waals surface area contributed by atoms with Gasteiger partial charge in [-0.1, -0.05) is 6.42 Å². The molecule has 0 atom stereocenters. The molecule has 3 nitrogen and oxygen atoms in total. The van der Waals surface area contributed by atoms with Gasteiger partial charge in [0.15, 0.2) is 5.78 Å². The first-order valence-electron chi connectivity index (χ1n) is 6.50. The van der Waals surface area contributed by atoms with Crippen molar-refractivity contribution in [1.82, 2.24) is 0 Å². The van der Waals surface area contributed by atoms with Crippen molar-refractivity contribution in [1.29, 1.82) is 0 Å². The molecule has 0 amide bonds. The van der Waals surface area contributed by atoms with E-state index in [4.69, 9.17) is 4.74 Å². The second-order valence-electron chi connectivity index (χ2n) is 5.31. The van der Waals surface area contributed by atoms with E-state index in [1.165, 1.54) is 0 Å². The second kappa shape index (κ2) is 5.11. The van der Waals surface area contributed by atoms with Gasteiger partial charge in [0.2, 0.25) is 0 Å². The van der Waals surface area contributed by atoms with Crippen LogP contribution in [0.2, 0.25) is 0 Å². The summed E-state index contributed by atoms with van der Waals surface area (Å²) in [5.41, 5.74) is 0.153. The molecule has 0 unspecified atom stereocenters. The number of carbonyl (C=O) groups excluding carboxylic acids is 1. The summed E-state index contributed by atoms with van der Waals surface area (Å²) in [7, 11) is 0. The molecular weight excluding hydrogens is 228 g/mol. The maximum atomic E-state index is 12.3. The van der Waals surface area contributed by atoms with Crippen molar-refractivity contribution < 1.29 is 14.6 Å². The van der Waals surface area contributed by atoms with Gasteiger partial charge in [-0.25, -0.2) is 0 Å². The van der Waals surface area contributed by atoms with Crippen LogP contribution in [-0.4, -0.2) is 23.6 Å². The van der Waals surface area contributed by atoms with Crippen molar-refractivity contribution in [2.75, 3.05) is 6.61 Å². The highest BCUT2D eigenvalue weighted by Crippen LogP contribution is 2.43. The number of aliphatic hydroxyl groups excluding tert-OH is 1. The molecule has 0 radical (unpaired) electrons. The van der Waals surface area contributed by atoms with Crippen molar-refractivity contribution in [3.63, 3.8) is 0 Å². The van der Waals surface area contributed by atoms with Gasteiger partial charge in [-0.15, -0.1) is 0 Å². The first-order valence-corrected chi connectivity index (χ1v) is 6.50. The average molecular weight is 248 g/mol. The summed E-state index contributed by atoms with van der Waals surface area (Å²) in [6, 6.07) is 7.21. The van der Waals surface area contributed by atoms with Crippen LogP contribution in [0.4, 0.5) is 0 Å². The van der Waals surface area contributed by atoms with E-state index in [9.17, 15) is 9.90 Å². The Labute approximate surface area is 108 Å². The number of hydrogen-bond donors (Lipinski definition) is 1. The summed E-state index contributed by atoms with van der Waals surface area (Å²) in [6.45, 7) is 3.89. The standard InChI is InChI=1S/C15H20O3/c1-11(2)18-13-6-4-12(5-7-13)14(17)15(10-16)8-3-9-15/h4-7,11,16H,3,8-10H2,1-2H3. The molecule has 1 aliphatic rings.